The minimum atomic E-state index is -4.09. The molecule has 2 atom stereocenters. The topological polar surface area (TPSA) is 138 Å². The highest BCUT2D eigenvalue weighted by atomic mass is 32.2. The number of nitrogens with zero attached hydrogens (tertiary/aromatic N) is 1. The standard InChI is InChI=1S/C11H14N2O6S2/c1-5-9(3-8(20-5)11(16)17)21(18,19)13-4-6(14)2-7(13)10(12)15/h3,6-7,14H,2,4H2,1H3,(H2,12,15)(H,16,17). The summed E-state index contributed by atoms with van der Waals surface area (Å²) >= 11 is 0.834. The minimum Gasteiger partial charge on any atom is -0.477 e. The van der Waals surface area contributed by atoms with E-state index in [2.05, 4.69) is 0 Å². The number of carbonyl (C=O) groups is 2. The van der Waals surface area contributed by atoms with Gasteiger partial charge in [0, 0.05) is 17.8 Å². The van der Waals surface area contributed by atoms with E-state index in [4.69, 9.17) is 10.8 Å². The maximum atomic E-state index is 12.6. The predicted octanol–water partition coefficient (Wildman–Crippen LogP) is -0.636. The van der Waals surface area contributed by atoms with Gasteiger partial charge in [0.15, 0.2) is 0 Å². The third-order valence-corrected chi connectivity index (χ3v) is 6.40. The van der Waals surface area contributed by atoms with Crippen molar-refractivity contribution in [2.24, 2.45) is 5.73 Å². The lowest BCUT2D eigenvalue weighted by molar-refractivity contribution is -0.121. The fourth-order valence-electron chi connectivity index (χ4n) is 2.26. The van der Waals surface area contributed by atoms with Crippen molar-refractivity contribution in [3.05, 3.63) is 15.8 Å². The molecule has 1 aliphatic rings. The van der Waals surface area contributed by atoms with Gasteiger partial charge < -0.3 is 15.9 Å². The second-order valence-electron chi connectivity index (χ2n) is 4.72. The van der Waals surface area contributed by atoms with E-state index in [9.17, 15) is 23.1 Å². The number of carboxylic acid groups (broad SMARTS) is 1. The van der Waals surface area contributed by atoms with Crippen LogP contribution in [0.15, 0.2) is 11.0 Å². The molecule has 0 saturated carbocycles. The molecule has 10 heteroatoms. The Hall–Kier alpha value is -1.49. The molecule has 1 amide bonds. The molecule has 2 rings (SSSR count). The molecule has 0 radical (unpaired) electrons. The van der Waals surface area contributed by atoms with Crippen molar-refractivity contribution in [2.75, 3.05) is 6.54 Å². The fraction of sp³-hybridized carbons (Fsp3) is 0.455. The van der Waals surface area contributed by atoms with Gasteiger partial charge in [-0.3, -0.25) is 4.79 Å². The first-order chi connectivity index (χ1) is 9.64. The first-order valence-electron chi connectivity index (χ1n) is 5.97. The van der Waals surface area contributed by atoms with E-state index in [0.717, 1.165) is 21.7 Å². The highest BCUT2D eigenvalue weighted by Crippen LogP contribution is 2.32. The molecule has 8 nitrogen and oxygen atoms in total. The number of aromatic carboxylic acids is 1. The summed E-state index contributed by atoms with van der Waals surface area (Å²) in [6.45, 7) is 1.24. The summed E-state index contributed by atoms with van der Waals surface area (Å²) in [6.07, 6.45) is -1.04. The summed E-state index contributed by atoms with van der Waals surface area (Å²) in [7, 11) is -4.09. The smallest absolute Gasteiger partial charge is 0.345 e. The van der Waals surface area contributed by atoms with Crippen LogP contribution in [-0.2, 0) is 14.8 Å². The third kappa shape index (κ3) is 2.79. The average molecular weight is 334 g/mol. The van der Waals surface area contributed by atoms with Gasteiger partial charge >= 0.3 is 5.97 Å². The van der Waals surface area contributed by atoms with Crippen LogP contribution in [-0.4, -0.2) is 53.5 Å². The number of amides is 1. The number of aliphatic hydroxyl groups excluding tert-OH is 1. The van der Waals surface area contributed by atoms with E-state index in [0.29, 0.717) is 4.88 Å². The number of aliphatic hydroxyl groups is 1. The number of primary amides is 1. The molecule has 2 unspecified atom stereocenters. The molecule has 4 N–H and O–H groups in total. The van der Waals surface area contributed by atoms with E-state index in [1.165, 1.54) is 6.92 Å². The maximum absolute atomic E-state index is 12.6. The Kier molecular flexibility index (Phi) is 4.06. The molecular weight excluding hydrogens is 320 g/mol. The minimum absolute atomic E-state index is 0.0659. The molecule has 0 aromatic carbocycles. The number of hydrogen-bond donors (Lipinski definition) is 3. The molecule has 21 heavy (non-hydrogen) atoms. The van der Waals surface area contributed by atoms with Crippen molar-refractivity contribution >= 4 is 33.2 Å². The average Bonchev–Trinajstić information content (AvgIpc) is 2.93. The summed E-state index contributed by atoms with van der Waals surface area (Å²) in [5, 5.41) is 18.5. The molecule has 0 spiro atoms. The van der Waals surface area contributed by atoms with Gasteiger partial charge in [0.25, 0.3) is 0 Å². The van der Waals surface area contributed by atoms with Gasteiger partial charge in [0.1, 0.15) is 10.9 Å². The van der Waals surface area contributed by atoms with Gasteiger partial charge in [-0.05, 0) is 13.0 Å². The molecule has 1 fully saturated rings. The molecule has 0 aliphatic carbocycles. The Balaban J connectivity index is 2.46. The zero-order chi connectivity index (χ0) is 15.9. The number of sulfonamides is 1. The maximum Gasteiger partial charge on any atom is 0.345 e. The quantitative estimate of drug-likeness (QED) is 0.670. The van der Waals surface area contributed by atoms with Crippen molar-refractivity contribution in [1.29, 1.82) is 0 Å². The zero-order valence-corrected chi connectivity index (χ0v) is 12.6. The Morgan fingerprint density at radius 3 is 2.57 bits per heavy atom. The fourth-order valence-corrected chi connectivity index (χ4v) is 5.31. The summed E-state index contributed by atoms with van der Waals surface area (Å²) in [6, 6.07) is -0.0713. The van der Waals surface area contributed by atoms with Crippen LogP contribution in [0.2, 0.25) is 0 Å². The van der Waals surface area contributed by atoms with Crippen LogP contribution in [0.4, 0.5) is 0 Å². The molecule has 1 saturated heterocycles. The molecule has 1 aromatic rings. The first-order valence-corrected chi connectivity index (χ1v) is 8.23. The lowest BCUT2D eigenvalue weighted by atomic mass is 10.2. The van der Waals surface area contributed by atoms with E-state index >= 15 is 0 Å². The number of β-amino-alcohol motifs (C(OH)–C–C–N with tert-alkyl or cyclic N) is 1. The van der Waals surface area contributed by atoms with E-state index in [-0.39, 0.29) is 22.7 Å². The number of carbonyl (C=O) groups excluding carboxylic acids is 1. The zero-order valence-electron chi connectivity index (χ0n) is 11.0. The Morgan fingerprint density at radius 2 is 2.10 bits per heavy atom. The number of carboxylic acids is 1. The highest BCUT2D eigenvalue weighted by molar-refractivity contribution is 7.89. The van der Waals surface area contributed by atoms with Crippen LogP contribution in [0, 0.1) is 6.92 Å². The van der Waals surface area contributed by atoms with Gasteiger partial charge in [-0.15, -0.1) is 11.3 Å². The van der Waals surface area contributed by atoms with Crippen molar-refractivity contribution in [1.82, 2.24) is 4.31 Å². The van der Waals surface area contributed by atoms with Gasteiger partial charge in [-0.1, -0.05) is 0 Å². The van der Waals surface area contributed by atoms with E-state index in [1.807, 2.05) is 0 Å². The van der Waals surface area contributed by atoms with Gasteiger partial charge in [0.2, 0.25) is 15.9 Å². The second kappa shape index (κ2) is 5.37. The summed E-state index contributed by atoms with van der Waals surface area (Å²) in [5.41, 5.74) is 5.17. The van der Waals surface area contributed by atoms with Crippen LogP contribution in [0.3, 0.4) is 0 Å². The van der Waals surface area contributed by atoms with Gasteiger partial charge in [-0.2, -0.15) is 4.31 Å². The molecule has 1 aliphatic heterocycles. The van der Waals surface area contributed by atoms with Crippen molar-refractivity contribution in [3.63, 3.8) is 0 Å². The van der Waals surface area contributed by atoms with Crippen LogP contribution < -0.4 is 5.73 Å². The molecular formula is C11H14N2O6S2. The van der Waals surface area contributed by atoms with Gasteiger partial charge in [0.05, 0.1) is 11.0 Å². The van der Waals surface area contributed by atoms with E-state index < -0.39 is 34.0 Å². The van der Waals surface area contributed by atoms with Gasteiger partial charge in [-0.25, -0.2) is 13.2 Å². The normalized spacial score (nSPS) is 23.3. The number of thiophene rings is 1. The summed E-state index contributed by atoms with van der Waals surface area (Å²) < 4.78 is 26.0. The van der Waals surface area contributed by atoms with Crippen LogP contribution >= 0.6 is 11.3 Å². The van der Waals surface area contributed by atoms with Crippen molar-refractivity contribution in [2.45, 2.75) is 30.4 Å². The van der Waals surface area contributed by atoms with Crippen molar-refractivity contribution in [3.8, 4) is 0 Å². The third-order valence-electron chi connectivity index (χ3n) is 3.23. The number of hydrogen-bond acceptors (Lipinski definition) is 6. The lowest BCUT2D eigenvalue weighted by Gasteiger charge is -2.21. The van der Waals surface area contributed by atoms with Crippen LogP contribution in [0.25, 0.3) is 0 Å². The largest absolute Gasteiger partial charge is 0.477 e. The van der Waals surface area contributed by atoms with Crippen LogP contribution in [0.5, 0.6) is 0 Å². The molecule has 2 heterocycles. The van der Waals surface area contributed by atoms with Crippen LogP contribution in [0.1, 0.15) is 21.0 Å². The molecule has 116 valence electrons. The van der Waals surface area contributed by atoms with Crippen molar-refractivity contribution < 1.29 is 28.2 Å². The monoisotopic (exact) mass is 334 g/mol. The Bertz CT molecular complexity index is 696. The first kappa shape index (κ1) is 15.9. The Labute approximate surface area is 124 Å². The van der Waals surface area contributed by atoms with E-state index in [1.54, 1.807) is 0 Å². The Morgan fingerprint density at radius 1 is 1.48 bits per heavy atom. The number of aryl methyl sites for hydroxylation is 1. The SMILES string of the molecule is Cc1sc(C(=O)O)cc1S(=O)(=O)N1CC(O)CC1C(N)=O. The second-order valence-corrected chi connectivity index (χ2v) is 7.83. The predicted molar refractivity (Wildman–Crippen MR) is 73.5 cm³/mol. The lowest BCUT2D eigenvalue weighted by Crippen LogP contribution is -2.43. The number of nitrogens with two attached hydrogens (primary N) is 1. The number of rotatable bonds is 4. The summed E-state index contributed by atoms with van der Waals surface area (Å²) in [5.74, 6) is -2.07. The molecule has 0 bridgehead atoms. The highest BCUT2D eigenvalue weighted by Gasteiger charge is 2.43. The summed E-state index contributed by atoms with van der Waals surface area (Å²) in [4.78, 5) is 22.3. The molecule has 1 aromatic heterocycles.